The van der Waals surface area contributed by atoms with Crippen LogP contribution in [0.1, 0.15) is 76.7 Å². The van der Waals surface area contributed by atoms with Gasteiger partial charge < -0.3 is 14.5 Å². The van der Waals surface area contributed by atoms with Crippen LogP contribution in [0.3, 0.4) is 0 Å². The second-order valence-electron chi connectivity index (χ2n) is 11.9. The van der Waals surface area contributed by atoms with E-state index in [-0.39, 0.29) is 0 Å². The second-order valence-corrected chi connectivity index (χ2v) is 11.9. The largest absolute Gasteiger partial charge is 0.380 e. The minimum absolute atomic E-state index is 0.377. The van der Waals surface area contributed by atoms with Crippen molar-refractivity contribution in [2.24, 2.45) is 11.3 Å². The van der Waals surface area contributed by atoms with Gasteiger partial charge in [-0.25, -0.2) is 0 Å². The van der Waals surface area contributed by atoms with Crippen molar-refractivity contribution in [2.45, 2.75) is 77.2 Å². The van der Waals surface area contributed by atoms with E-state index in [1.807, 2.05) is 7.11 Å². The van der Waals surface area contributed by atoms with Gasteiger partial charge in [0.05, 0.1) is 6.10 Å². The first-order valence-electron chi connectivity index (χ1n) is 13.4. The molecule has 1 atom stereocenters. The maximum atomic E-state index is 5.72. The third kappa shape index (κ3) is 5.28. The predicted octanol–water partition coefficient (Wildman–Crippen LogP) is 5.52. The van der Waals surface area contributed by atoms with Crippen molar-refractivity contribution < 1.29 is 4.74 Å². The van der Waals surface area contributed by atoms with Crippen molar-refractivity contribution in [3.8, 4) is 0 Å². The molecule has 2 heterocycles. The standard InChI is InChI=1S/C28H45N3O/c1-28(2)12-10-23(11-13-28)26-19-24(31-14-4-5-25(21-31)32-3)8-9-27(26)30-17-15-29(16-18-30)20-22-6-7-22/h8-9,19,22-23,25H,4-7,10-18,20-21H2,1-3H3/t25-/m1/s1. The minimum Gasteiger partial charge on any atom is -0.380 e. The number of rotatable bonds is 6. The summed E-state index contributed by atoms with van der Waals surface area (Å²) in [6.45, 7) is 13.3. The average Bonchev–Trinajstić information content (AvgIpc) is 3.63. The van der Waals surface area contributed by atoms with E-state index in [4.69, 9.17) is 4.74 Å². The first-order valence-corrected chi connectivity index (χ1v) is 13.4. The van der Waals surface area contributed by atoms with Crippen LogP contribution in [0, 0.1) is 11.3 Å². The SMILES string of the molecule is CO[C@@H]1CCCN(c2ccc(N3CCN(CC4CC4)CC3)c(C3CCC(C)(C)CC3)c2)C1. The zero-order valence-electron chi connectivity index (χ0n) is 20.8. The van der Waals surface area contributed by atoms with Crippen molar-refractivity contribution in [3.05, 3.63) is 23.8 Å². The summed E-state index contributed by atoms with van der Waals surface area (Å²) in [6, 6.07) is 7.45. The highest BCUT2D eigenvalue weighted by molar-refractivity contribution is 5.63. The highest BCUT2D eigenvalue weighted by Gasteiger charge is 2.32. The maximum Gasteiger partial charge on any atom is 0.0746 e. The molecule has 32 heavy (non-hydrogen) atoms. The summed E-state index contributed by atoms with van der Waals surface area (Å²) in [4.78, 5) is 7.99. The van der Waals surface area contributed by atoms with Gasteiger partial charge in [0.2, 0.25) is 0 Å². The summed E-state index contributed by atoms with van der Waals surface area (Å²) < 4.78 is 5.72. The van der Waals surface area contributed by atoms with Gasteiger partial charge in [0.1, 0.15) is 0 Å². The van der Waals surface area contributed by atoms with Crippen LogP contribution in [-0.4, -0.2) is 63.9 Å². The lowest BCUT2D eigenvalue weighted by Gasteiger charge is -2.41. The summed E-state index contributed by atoms with van der Waals surface area (Å²) >= 11 is 0. The number of ether oxygens (including phenoxy) is 1. The van der Waals surface area contributed by atoms with Gasteiger partial charge in [-0.05, 0) is 92.4 Å². The average molecular weight is 440 g/mol. The van der Waals surface area contributed by atoms with E-state index in [1.165, 1.54) is 95.5 Å². The zero-order chi connectivity index (χ0) is 22.1. The van der Waals surface area contributed by atoms with Gasteiger partial charge in [0, 0.05) is 64.3 Å². The fourth-order valence-electron chi connectivity index (χ4n) is 6.27. The van der Waals surface area contributed by atoms with Gasteiger partial charge in [0.25, 0.3) is 0 Å². The Morgan fingerprint density at radius 3 is 2.34 bits per heavy atom. The summed E-state index contributed by atoms with van der Waals surface area (Å²) in [5.41, 5.74) is 5.10. The molecule has 2 saturated heterocycles. The molecule has 0 spiro atoms. The Labute approximate surface area is 196 Å². The highest BCUT2D eigenvalue weighted by Crippen LogP contribution is 2.46. The Bertz CT molecular complexity index is 756. The van der Waals surface area contributed by atoms with E-state index in [0.717, 1.165) is 19.0 Å². The van der Waals surface area contributed by atoms with Crippen LogP contribution in [0.2, 0.25) is 0 Å². The van der Waals surface area contributed by atoms with Crippen molar-refractivity contribution in [2.75, 3.05) is 62.7 Å². The molecule has 4 nitrogen and oxygen atoms in total. The Kier molecular flexibility index (Phi) is 6.72. The van der Waals surface area contributed by atoms with E-state index in [2.05, 4.69) is 46.7 Å². The van der Waals surface area contributed by atoms with E-state index in [9.17, 15) is 0 Å². The number of piperazine rings is 1. The first-order chi connectivity index (χ1) is 15.5. The Balaban J connectivity index is 1.35. The summed E-state index contributed by atoms with van der Waals surface area (Å²) in [6.07, 6.45) is 11.1. The monoisotopic (exact) mass is 439 g/mol. The van der Waals surface area contributed by atoms with Crippen LogP contribution in [0.25, 0.3) is 0 Å². The van der Waals surface area contributed by atoms with Gasteiger partial charge in [-0.15, -0.1) is 0 Å². The number of anilines is 2. The van der Waals surface area contributed by atoms with Crippen LogP contribution in [0.5, 0.6) is 0 Å². The first kappa shape index (κ1) is 22.5. The maximum absolute atomic E-state index is 5.72. The molecule has 0 bridgehead atoms. The number of hydrogen-bond donors (Lipinski definition) is 0. The van der Waals surface area contributed by atoms with Crippen LogP contribution in [-0.2, 0) is 4.74 Å². The molecule has 4 heteroatoms. The number of piperidine rings is 1. The smallest absolute Gasteiger partial charge is 0.0746 e. The summed E-state index contributed by atoms with van der Waals surface area (Å²) in [5.74, 6) is 1.72. The molecule has 2 aliphatic carbocycles. The summed E-state index contributed by atoms with van der Waals surface area (Å²) in [7, 11) is 1.87. The van der Waals surface area contributed by atoms with E-state index in [0.29, 0.717) is 17.4 Å². The molecule has 2 aliphatic heterocycles. The molecule has 0 unspecified atom stereocenters. The number of hydrogen-bond acceptors (Lipinski definition) is 4. The van der Waals surface area contributed by atoms with E-state index >= 15 is 0 Å². The molecule has 0 aromatic heterocycles. The predicted molar refractivity (Wildman–Crippen MR) is 135 cm³/mol. The van der Waals surface area contributed by atoms with Crippen molar-refractivity contribution in [1.82, 2.24) is 4.90 Å². The summed E-state index contributed by atoms with van der Waals surface area (Å²) in [5, 5.41) is 0. The molecule has 0 radical (unpaired) electrons. The van der Waals surface area contributed by atoms with Gasteiger partial charge >= 0.3 is 0 Å². The molecule has 5 rings (SSSR count). The van der Waals surface area contributed by atoms with Gasteiger partial charge in [-0.2, -0.15) is 0 Å². The zero-order valence-corrected chi connectivity index (χ0v) is 20.8. The third-order valence-corrected chi connectivity index (χ3v) is 8.79. The Morgan fingerprint density at radius 2 is 1.66 bits per heavy atom. The third-order valence-electron chi connectivity index (χ3n) is 8.79. The van der Waals surface area contributed by atoms with Crippen molar-refractivity contribution in [1.29, 1.82) is 0 Å². The highest BCUT2D eigenvalue weighted by atomic mass is 16.5. The van der Waals surface area contributed by atoms with Crippen molar-refractivity contribution >= 4 is 11.4 Å². The lowest BCUT2D eigenvalue weighted by atomic mass is 9.71. The lowest BCUT2D eigenvalue weighted by molar-refractivity contribution is 0.0893. The minimum atomic E-state index is 0.377. The molecule has 1 aromatic rings. The Hall–Kier alpha value is -1.26. The van der Waals surface area contributed by atoms with Gasteiger partial charge in [-0.1, -0.05) is 13.8 Å². The molecule has 4 fully saturated rings. The van der Waals surface area contributed by atoms with Crippen molar-refractivity contribution in [3.63, 3.8) is 0 Å². The van der Waals surface area contributed by atoms with Gasteiger partial charge in [0.15, 0.2) is 0 Å². The molecule has 178 valence electrons. The second kappa shape index (κ2) is 9.54. The lowest BCUT2D eigenvalue weighted by Crippen LogP contribution is -2.47. The number of methoxy groups -OCH3 is 1. The molecule has 2 saturated carbocycles. The fraction of sp³-hybridized carbons (Fsp3) is 0.786. The number of nitrogens with zero attached hydrogens (tertiary/aromatic N) is 3. The van der Waals surface area contributed by atoms with Gasteiger partial charge in [-0.3, -0.25) is 4.90 Å². The van der Waals surface area contributed by atoms with E-state index in [1.54, 1.807) is 5.56 Å². The molecule has 4 aliphatic rings. The van der Waals surface area contributed by atoms with Crippen LogP contribution >= 0.6 is 0 Å². The normalized spacial score (nSPS) is 27.7. The quantitative estimate of drug-likeness (QED) is 0.581. The molecule has 0 amide bonds. The molecular formula is C28H45N3O. The van der Waals surface area contributed by atoms with E-state index < -0.39 is 0 Å². The van der Waals surface area contributed by atoms with Crippen LogP contribution < -0.4 is 9.80 Å². The topological polar surface area (TPSA) is 19.0 Å². The Morgan fingerprint density at radius 1 is 0.906 bits per heavy atom. The molecule has 0 N–H and O–H groups in total. The van der Waals surface area contributed by atoms with Crippen LogP contribution in [0.4, 0.5) is 11.4 Å². The molecular weight excluding hydrogens is 394 g/mol. The fourth-order valence-corrected chi connectivity index (χ4v) is 6.27. The van der Waals surface area contributed by atoms with Crippen LogP contribution in [0.15, 0.2) is 18.2 Å². The molecule has 1 aromatic carbocycles. The number of benzene rings is 1.